The number of benzene rings is 3. The average Bonchev–Trinajstić information content (AvgIpc) is 2.75. The summed E-state index contributed by atoms with van der Waals surface area (Å²) in [6.07, 6.45) is -0.00220. The van der Waals surface area contributed by atoms with Crippen molar-refractivity contribution in [3.8, 4) is 0 Å². The van der Waals surface area contributed by atoms with Gasteiger partial charge in [-0.2, -0.15) is 0 Å². The largest absolute Gasteiger partial charge is 0.112 e. The summed E-state index contributed by atoms with van der Waals surface area (Å²) in [5.41, 5.74) is 0. The van der Waals surface area contributed by atoms with Crippen LogP contribution in [-0.2, 0) is 0 Å². The molecule has 0 unspecified atom stereocenters. The lowest BCUT2D eigenvalue weighted by Crippen LogP contribution is -2.33. The first-order valence-electron chi connectivity index (χ1n) is 11.6. The molecule has 0 aliphatic carbocycles. The first-order valence-corrected chi connectivity index (χ1v) is 10.0. The topological polar surface area (TPSA) is 0 Å². The molecular formula is C23H26P+. The van der Waals surface area contributed by atoms with E-state index in [0.29, 0.717) is 0 Å². The fourth-order valence-electron chi connectivity index (χ4n) is 3.16. The van der Waals surface area contributed by atoms with Crippen LogP contribution in [0.4, 0.5) is 0 Å². The first-order chi connectivity index (χ1) is 14.5. The van der Waals surface area contributed by atoms with Crippen LogP contribution in [0.1, 0.15) is 29.7 Å². The monoisotopic (exact) mass is 340 g/mol. The predicted octanol–water partition coefficient (Wildman–Crippen LogP) is 5.03. The minimum absolute atomic E-state index is 0.269. The second kappa shape index (κ2) is 7.77. The van der Waals surface area contributed by atoms with Gasteiger partial charge in [0.25, 0.3) is 0 Å². The minimum Gasteiger partial charge on any atom is -0.0626 e. The molecule has 0 saturated carbocycles. The summed E-state index contributed by atoms with van der Waals surface area (Å²) in [6, 6.07) is 29.5. The van der Waals surface area contributed by atoms with Gasteiger partial charge in [0, 0.05) is 9.60 Å². The average molecular weight is 340 g/mol. The Morgan fingerprint density at radius 3 is 1.42 bits per heavy atom. The Labute approximate surface area is 156 Å². The zero-order chi connectivity index (χ0) is 22.8. The molecule has 0 nitrogen and oxygen atoms in total. The quantitative estimate of drug-likeness (QED) is 0.552. The summed E-state index contributed by atoms with van der Waals surface area (Å²) in [6.45, 7) is -5.87. The zero-order valence-electron chi connectivity index (χ0n) is 20.5. The van der Waals surface area contributed by atoms with E-state index < -0.39 is 26.9 Å². The van der Waals surface area contributed by atoms with Gasteiger partial charge < -0.3 is 0 Å². The van der Waals surface area contributed by atoms with Crippen LogP contribution in [0, 0.1) is 5.89 Å². The molecule has 0 N–H and O–H groups in total. The Bertz CT molecular complexity index is 857. The van der Waals surface area contributed by atoms with Crippen LogP contribution in [0.2, 0.25) is 0 Å². The summed E-state index contributed by atoms with van der Waals surface area (Å²) in [7, 11) is -2.41. The van der Waals surface area contributed by atoms with E-state index in [1.165, 1.54) is 0 Å². The van der Waals surface area contributed by atoms with E-state index in [9.17, 15) is 0 Å². The maximum atomic E-state index is 8.58. The van der Waals surface area contributed by atoms with E-state index in [2.05, 4.69) is 0 Å². The highest BCUT2D eigenvalue weighted by atomic mass is 31.2. The normalized spacial score (nSPS) is 17.4. The Morgan fingerprint density at radius 2 is 1.08 bits per heavy atom. The van der Waals surface area contributed by atoms with E-state index in [1.807, 2.05) is 91.0 Å². The first kappa shape index (κ1) is 10.2. The van der Waals surface area contributed by atoms with Crippen molar-refractivity contribution in [3.63, 3.8) is 0 Å². The lowest BCUT2D eigenvalue weighted by molar-refractivity contribution is 0.630. The molecule has 0 saturated heterocycles. The molecule has 0 radical (unpaired) electrons. The Balaban J connectivity index is 2.24. The number of rotatable bonds is 6. The van der Waals surface area contributed by atoms with Gasteiger partial charge in [-0.3, -0.25) is 0 Å². The maximum absolute atomic E-state index is 8.58. The molecule has 3 rings (SSSR count). The van der Waals surface area contributed by atoms with Gasteiger partial charge in [0.05, 0.1) is 6.16 Å². The minimum atomic E-state index is -2.93. The zero-order valence-corrected chi connectivity index (χ0v) is 14.4. The second-order valence-electron chi connectivity index (χ2n) is 5.77. The van der Waals surface area contributed by atoms with E-state index in [0.717, 1.165) is 15.9 Å². The van der Waals surface area contributed by atoms with Crippen LogP contribution in [0.15, 0.2) is 91.0 Å². The smallest absolute Gasteiger partial charge is 0.0626 e. The van der Waals surface area contributed by atoms with Crippen LogP contribution >= 0.6 is 7.26 Å². The van der Waals surface area contributed by atoms with Crippen LogP contribution in [0.3, 0.4) is 0 Å². The second-order valence-corrected chi connectivity index (χ2v) is 9.38. The van der Waals surface area contributed by atoms with Crippen LogP contribution in [0.25, 0.3) is 0 Å². The van der Waals surface area contributed by atoms with Crippen LogP contribution in [0.5, 0.6) is 0 Å². The van der Waals surface area contributed by atoms with Crippen molar-refractivity contribution < 1.29 is 9.60 Å². The van der Waals surface area contributed by atoms with Gasteiger partial charge in [-0.05, 0) is 48.7 Å². The summed E-state index contributed by atoms with van der Waals surface area (Å²) in [5.74, 6) is -2.55. The van der Waals surface area contributed by atoms with Crippen LogP contribution < -0.4 is 15.9 Å². The van der Waals surface area contributed by atoms with Crippen molar-refractivity contribution in [3.05, 3.63) is 91.0 Å². The summed E-state index contributed by atoms with van der Waals surface area (Å²) < 4.78 is 55.8. The fourth-order valence-corrected chi connectivity index (χ4v) is 7.43. The predicted molar refractivity (Wildman–Crippen MR) is 109 cm³/mol. The third-order valence-electron chi connectivity index (χ3n) is 4.29. The molecule has 0 aliphatic rings. The van der Waals surface area contributed by atoms with Gasteiger partial charge in [0.1, 0.15) is 23.2 Å². The lowest BCUT2D eigenvalue weighted by Gasteiger charge is -2.28. The Morgan fingerprint density at radius 1 is 0.708 bits per heavy atom. The molecule has 0 atom stereocenters. The molecule has 3 aromatic carbocycles. The van der Waals surface area contributed by atoms with Gasteiger partial charge in [0.2, 0.25) is 0 Å². The van der Waals surface area contributed by atoms with Gasteiger partial charge in [-0.15, -0.1) is 0 Å². The molecule has 0 aliphatic heterocycles. The Kier molecular flexibility index (Phi) is 3.29. The molecule has 0 aromatic heterocycles. The summed E-state index contributed by atoms with van der Waals surface area (Å²) >= 11 is 0. The standard InChI is InChI=1S/C23H26P/c1-20(2)18-19-24(21-12-6-3-7-13-21,22-14-8-4-9-15-22)23-16-10-5-11-17-23/h3-17,20H,18-19H2,1-2H3/q+1/i1D3,2D3,20D. The molecule has 0 spiro atoms. The molecule has 24 heavy (non-hydrogen) atoms. The van der Waals surface area contributed by atoms with E-state index in [-0.39, 0.29) is 12.6 Å². The third kappa shape index (κ3) is 3.45. The van der Waals surface area contributed by atoms with Gasteiger partial charge >= 0.3 is 0 Å². The summed E-state index contributed by atoms with van der Waals surface area (Å²) in [4.78, 5) is 0. The van der Waals surface area contributed by atoms with Gasteiger partial charge in [0.15, 0.2) is 0 Å². The highest BCUT2D eigenvalue weighted by molar-refractivity contribution is 7.95. The molecule has 0 bridgehead atoms. The Hall–Kier alpha value is -1.91. The highest BCUT2D eigenvalue weighted by Crippen LogP contribution is 2.56. The van der Waals surface area contributed by atoms with E-state index >= 15 is 0 Å². The van der Waals surface area contributed by atoms with Gasteiger partial charge in [-0.1, -0.05) is 68.3 Å². The fraction of sp³-hybridized carbons (Fsp3) is 0.217. The SMILES string of the molecule is [2H]C([2H])([2H])C([2H])(CC[P+](c1ccccc1)(c1ccccc1)c1ccccc1)C([2H])([2H])[2H]. The highest BCUT2D eigenvalue weighted by Gasteiger charge is 2.44. The van der Waals surface area contributed by atoms with Crippen molar-refractivity contribution in [2.24, 2.45) is 5.89 Å². The number of hydrogen-bond donors (Lipinski definition) is 0. The van der Waals surface area contributed by atoms with Crippen molar-refractivity contribution in [2.45, 2.75) is 20.1 Å². The van der Waals surface area contributed by atoms with E-state index in [1.54, 1.807) is 0 Å². The van der Waals surface area contributed by atoms with Crippen molar-refractivity contribution in [2.75, 3.05) is 6.16 Å². The third-order valence-corrected chi connectivity index (χ3v) is 8.72. The van der Waals surface area contributed by atoms with Crippen LogP contribution in [-0.4, -0.2) is 6.16 Å². The molecular weight excluding hydrogens is 307 g/mol. The maximum Gasteiger partial charge on any atom is 0.112 e. The molecule has 0 heterocycles. The summed E-state index contributed by atoms with van der Waals surface area (Å²) in [5, 5.41) is 3.10. The van der Waals surface area contributed by atoms with Gasteiger partial charge in [-0.25, -0.2) is 0 Å². The number of hydrogen-bond acceptors (Lipinski definition) is 0. The molecule has 3 aromatic rings. The molecule has 0 fully saturated rings. The van der Waals surface area contributed by atoms with E-state index in [4.69, 9.17) is 9.60 Å². The molecule has 1 heteroatoms. The van der Waals surface area contributed by atoms with Crippen molar-refractivity contribution >= 4 is 23.2 Å². The van der Waals surface area contributed by atoms with Crippen molar-refractivity contribution in [1.29, 1.82) is 0 Å². The molecule has 0 amide bonds. The lowest BCUT2D eigenvalue weighted by atomic mass is 10.2. The van der Waals surface area contributed by atoms with Crippen molar-refractivity contribution in [1.82, 2.24) is 0 Å². The molecule has 122 valence electrons.